The molecule has 4 atom stereocenters. The Morgan fingerprint density at radius 2 is 1.81 bits per heavy atom. The molecule has 9 heteroatoms. The number of piperidine rings is 2. The van der Waals surface area contributed by atoms with Crippen LogP contribution in [0.5, 0.6) is 0 Å². The fourth-order valence-corrected chi connectivity index (χ4v) is 9.49. The minimum atomic E-state index is -0.642. The number of hydrogen-bond donors (Lipinski definition) is 2. The number of aromatic nitrogens is 2. The van der Waals surface area contributed by atoms with Crippen LogP contribution in [0.3, 0.4) is 0 Å². The Morgan fingerprint density at radius 3 is 2.50 bits per heavy atom. The van der Waals surface area contributed by atoms with E-state index in [1.165, 1.54) is 12.8 Å². The summed E-state index contributed by atoms with van der Waals surface area (Å²) >= 11 is 8.34. The van der Waals surface area contributed by atoms with E-state index in [4.69, 9.17) is 11.6 Å². The van der Waals surface area contributed by atoms with E-state index in [9.17, 15) is 15.5 Å². The molecule has 2 aliphatic carbocycles. The zero-order chi connectivity index (χ0) is 29.0. The van der Waals surface area contributed by atoms with Crippen molar-refractivity contribution in [2.24, 2.45) is 22.7 Å². The van der Waals surface area contributed by atoms with E-state index in [2.05, 4.69) is 58.8 Å². The van der Waals surface area contributed by atoms with Gasteiger partial charge in [-0.25, -0.2) is 4.90 Å². The number of benzene rings is 1. The number of aliphatic hydroxyl groups excluding tert-OH is 2. The predicted molar refractivity (Wildman–Crippen MR) is 166 cm³/mol. The molecule has 4 unspecified atom stereocenters. The molecule has 8 rings (SSSR count). The van der Waals surface area contributed by atoms with E-state index in [1.54, 1.807) is 11.3 Å². The van der Waals surface area contributed by atoms with Crippen LogP contribution in [0.25, 0.3) is 32.2 Å². The fourth-order valence-electron chi connectivity index (χ4n) is 8.11. The highest BCUT2D eigenvalue weighted by molar-refractivity contribution is 7.19. The van der Waals surface area contributed by atoms with Crippen LogP contribution in [-0.2, 0) is 13.1 Å². The molecule has 0 bridgehead atoms. The molecule has 5 heterocycles. The Morgan fingerprint density at radius 1 is 1.07 bits per heavy atom. The zero-order valence-corrected chi connectivity index (χ0v) is 25.6. The number of aliphatic hydroxyl groups is 2. The maximum absolute atomic E-state index is 11.0. The highest BCUT2D eigenvalue weighted by atomic mass is 35.5. The van der Waals surface area contributed by atoms with Crippen LogP contribution in [0.1, 0.15) is 44.4 Å². The van der Waals surface area contributed by atoms with Gasteiger partial charge >= 0.3 is 0 Å². The Bertz CT molecular complexity index is 1730. The molecule has 2 aliphatic heterocycles. The number of likely N-dealkylation sites (tertiary alicyclic amines) is 2. The van der Waals surface area contributed by atoms with Gasteiger partial charge in [0, 0.05) is 82.9 Å². The van der Waals surface area contributed by atoms with E-state index in [0.717, 1.165) is 69.1 Å². The number of pyridine rings is 1. The largest absolute Gasteiger partial charge is 0.378 e. The molecule has 4 aliphatic rings. The number of nitrogens with zero attached hydrogens (tertiary/aromatic N) is 5. The first-order valence-electron chi connectivity index (χ1n) is 15.1. The summed E-state index contributed by atoms with van der Waals surface area (Å²) in [6.07, 6.45) is 7.06. The maximum atomic E-state index is 11.0. The topological polar surface area (TPSA) is 88.5 Å². The Labute approximate surface area is 254 Å². The smallest absolute Gasteiger partial charge is 0.113 e. The highest BCUT2D eigenvalue weighted by Crippen LogP contribution is 2.66. The molecule has 4 fully saturated rings. The summed E-state index contributed by atoms with van der Waals surface area (Å²) in [5.74, 6) is 0.224. The number of halogens is 1. The number of rotatable bonds is 6. The van der Waals surface area contributed by atoms with Gasteiger partial charge in [-0.3, -0.25) is 4.98 Å². The predicted octanol–water partition coefficient (Wildman–Crippen LogP) is 6.06. The lowest BCUT2D eigenvalue weighted by atomic mass is 9.79. The van der Waals surface area contributed by atoms with Crippen LogP contribution in [0, 0.1) is 34.0 Å². The average Bonchev–Trinajstić information content (AvgIpc) is 3.77. The summed E-state index contributed by atoms with van der Waals surface area (Å²) in [5, 5.41) is 34.0. The minimum Gasteiger partial charge on any atom is -0.378 e. The van der Waals surface area contributed by atoms with Gasteiger partial charge in [-0.15, -0.1) is 11.3 Å². The third-order valence-electron chi connectivity index (χ3n) is 10.8. The third kappa shape index (κ3) is 4.16. The summed E-state index contributed by atoms with van der Waals surface area (Å²) in [5.41, 5.74) is 3.68. The molecule has 7 nitrogen and oxygen atoms in total. The first kappa shape index (κ1) is 27.1. The molecular weight excluding hydrogens is 566 g/mol. The molecular formula is C33H36ClN5O2S. The summed E-state index contributed by atoms with van der Waals surface area (Å²) in [6, 6.07) is 13.7. The molecule has 2 saturated carbocycles. The van der Waals surface area contributed by atoms with Crippen molar-refractivity contribution in [2.45, 2.75) is 71.1 Å². The first-order valence-corrected chi connectivity index (χ1v) is 16.3. The van der Waals surface area contributed by atoms with E-state index in [0.29, 0.717) is 18.1 Å². The van der Waals surface area contributed by atoms with E-state index >= 15 is 0 Å². The number of fused-ring (bicyclic) bond motifs is 3. The minimum absolute atomic E-state index is 0.0184. The second kappa shape index (κ2) is 9.49. The maximum Gasteiger partial charge on any atom is 0.113 e. The molecule has 1 aromatic carbocycles. The van der Waals surface area contributed by atoms with Gasteiger partial charge < -0.3 is 19.7 Å². The summed E-state index contributed by atoms with van der Waals surface area (Å²) < 4.78 is 3.33. The molecule has 3 aromatic heterocycles. The van der Waals surface area contributed by atoms with Crippen molar-refractivity contribution in [1.82, 2.24) is 19.4 Å². The van der Waals surface area contributed by atoms with Crippen molar-refractivity contribution in [3.8, 4) is 17.2 Å². The SMILES string of the molecule is CC1(C)C2C(O)N(Cc3cc4nccc(-c5cc(Cl)cc6ccn(CC7(C#N)CCN(C8CC8)CC7)c56)c4s3)C(O)C21. The van der Waals surface area contributed by atoms with Crippen LogP contribution in [0.4, 0.5) is 0 Å². The van der Waals surface area contributed by atoms with Crippen molar-refractivity contribution < 1.29 is 10.2 Å². The fraction of sp³-hybridized carbons (Fsp3) is 0.515. The summed E-state index contributed by atoms with van der Waals surface area (Å²) in [7, 11) is 0. The number of hydrogen-bond acceptors (Lipinski definition) is 7. The van der Waals surface area contributed by atoms with Gasteiger partial charge in [0.2, 0.25) is 0 Å². The van der Waals surface area contributed by atoms with E-state index in [1.807, 2.05) is 23.2 Å². The van der Waals surface area contributed by atoms with Gasteiger partial charge in [0.25, 0.3) is 0 Å². The molecule has 4 aromatic rings. The van der Waals surface area contributed by atoms with Crippen LogP contribution in [0.15, 0.2) is 42.7 Å². The molecule has 0 amide bonds. The quantitative estimate of drug-likeness (QED) is 0.279. The van der Waals surface area contributed by atoms with E-state index in [-0.39, 0.29) is 22.7 Å². The second-order valence-electron chi connectivity index (χ2n) is 13.7. The lowest BCUT2D eigenvalue weighted by Gasteiger charge is -2.37. The van der Waals surface area contributed by atoms with Crippen LogP contribution in [0.2, 0.25) is 5.02 Å². The van der Waals surface area contributed by atoms with Gasteiger partial charge in [-0.1, -0.05) is 25.4 Å². The van der Waals surface area contributed by atoms with Crippen molar-refractivity contribution in [2.75, 3.05) is 13.1 Å². The molecule has 218 valence electrons. The lowest BCUT2D eigenvalue weighted by molar-refractivity contribution is -0.0987. The van der Waals surface area contributed by atoms with Crippen LogP contribution < -0.4 is 0 Å². The normalized spacial score (nSPS) is 28.8. The van der Waals surface area contributed by atoms with Gasteiger partial charge in [-0.2, -0.15) is 5.26 Å². The molecule has 2 saturated heterocycles. The Kier molecular flexibility index (Phi) is 6.12. The van der Waals surface area contributed by atoms with Gasteiger partial charge in [0.15, 0.2) is 0 Å². The van der Waals surface area contributed by atoms with Crippen molar-refractivity contribution >= 4 is 44.1 Å². The second-order valence-corrected chi connectivity index (χ2v) is 15.2. The van der Waals surface area contributed by atoms with Crippen molar-refractivity contribution in [3.63, 3.8) is 0 Å². The lowest BCUT2D eigenvalue weighted by Crippen LogP contribution is -2.42. The van der Waals surface area contributed by atoms with Gasteiger partial charge in [0.05, 0.1) is 27.2 Å². The Hall–Kier alpha value is -2.51. The van der Waals surface area contributed by atoms with E-state index < -0.39 is 12.5 Å². The van der Waals surface area contributed by atoms with Crippen LogP contribution in [-0.4, -0.2) is 61.2 Å². The summed E-state index contributed by atoms with van der Waals surface area (Å²) in [6.45, 7) is 7.39. The molecule has 0 radical (unpaired) electrons. The molecule has 2 N–H and O–H groups in total. The zero-order valence-electron chi connectivity index (χ0n) is 24.0. The monoisotopic (exact) mass is 601 g/mol. The van der Waals surface area contributed by atoms with Gasteiger partial charge in [0.1, 0.15) is 12.5 Å². The standard InChI is InChI=1S/C33H36ClN5O2S/c1-32(2)26-27(32)31(41)39(30(26)40)16-22-15-25-29(42-22)23(5-9-36-25)24-14-20(34)13-19-6-10-38(28(19)24)18-33(17-35)7-11-37(12-8-33)21-3-4-21/h5-6,9-10,13-15,21,26-27,30-31,40-41H,3-4,7-8,11-12,16,18H2,1-2H3. The van der Waals surface area contributed by atoms with Crippen LogP contribution >= 0.6 is 22.9 Å². The van der Waals surface area contributed by atoms with Gasteiger partial charge in [-0.05, 0) is 61.4 Å². The average molecular weight is 602 g/mol. The first-order chi connectivity index (χ1) is 20.2. The Balaban J connectivity index is 1.14. The number of thiophene rings is 1. The third-order valence-corrected chi connectivity index (χ3v) is 12.1. The molecule has 42 heavy (non-hydrogen) atoms. The van der Waals surface area contributed by atoms with Crippen molar-refractivity contribution in [3.05, 3.63) is 52.6 Å². The highest BCUT2D eigenvalue weighted by Gasteiger charge is 2.71. The number of nitriles is 1. The van der Waals surface area contributed by atoms with Crippen molar-refractivity contribution in [1.29, 1.82) is 5.26 Å². The molecule has 0 spiro atoms. The summed E-state index contributed by atoms with van der Waals surface area (Å²) in [4.78, 5) is 10.1.